The molecule has 0 bridgehead atoms. The number of nitrogens with zero attached hydrogens (tertiary/aromatic N) is 2. The molecule has 6 heteroatoms. The van der Waals surface area contributed by atoms with Gasteiger partial charge in [-0.2, -0.15) is 0 Å². The van der Waals surface area contributed by atoms with E-state index in [1.165, 1.54) is 11.3 Å². The molecule has 5 nitrogen and oxygen atoms in total. The molecule has 1 atom stereocenters. The molecule has 4 rings (SSSR count). The first-order valence-electron chi connectivity index (χ1n) is 9.96. The lowest BCUT2D eigenvalue weighted by atomic mass is 10.0. The first kappa shape index (κ1) is 19.9. The summed E-state index contributed by atoms with van der Waals surface area (Å²) in [6.07, 6.45) is 2.45. The number of fused-ring (bicyclic) bond motifs is 1. The molecule has 2 aromatic carbocycles. The Morgan fingerprint density at radius 3 is 2.90 bits per heavy atom. The van der Waals surface area contributed by atoms with E-state index < -0.39 is 0 Å². The van der Waals surface area contributed by atoms with Crippen LogP contribution in [0, 0.1) is 13.8 Å². The number of methoxy groups -OCH3 is 1. The highest BCUT2D eigenvalue weighted by molar-refractivity contribution is 7.22. The molecular formula is C23H26N2O3S. The molecule has 3 aromatic rings. The molecule has 1 amide bonds. The van der Waals surface area contributed by atoms with Crippen molar-refractivity contribution in [1.29, 1.82) is 0 Å². The highest BCUT2D eigenvalue weighted by atomic mass is 32.1. The Bertz CT molecular complexity index is 1020. The van der Waals surface area contributed by atoms with Crippen LogP contribution in [0.5, 0.6) is 5.75 Å². The van der Waals surface area contributed by atoms with Crippen molar-refractivity contribution in [2.45, 2.75) is 39.2 Å². The summed E-state index contributed by atoms with van der Waals surface area (Å²) >= 11 is 1.52. The van der Waals surface area contributed by atoms with Crippen molar-refractivity contribution in [1.82, 2.24) is 4.98 Å². The molecule has 1 saturated heterocycles. The largest absolute Gasteiger partial charge is 0.497 e. The van der Waals surface area contributed by atoms with Gasteiger partial charge in [0.05, 0.1) is 36.4 Å². The van der Waals surface area contributed by atoms with Crippen LogP contribution in [0.2, 0.25) is 0 Å². The number of carbonyl (C=O) groups excluding carboxylic acids is 1. The molecule has 0 N–H and O–H groups in total. The summed E-state index contributed by atoms with van der Waals surface area (Å²) in [5.41, 5.74) is 4.24. The van der Waals surface area contributed by atoms with Crippen molar-refractivity contribution in [2.75, 3.05) is 25.2 Å². The number of ether oxygens (including phenoxy) is 2. The van der Waals surface area contributed by atoms with E-state index in [1.807, 2.05) is 23.1 Å². The molecule has 29 heavy (non-hydrogen) atoms. The molecule has 1 aliphatic rings. The molecule has 0 aliphatic carbocycles. The number of amides is 1. The van der Waals surface area contributed by atoms with Crippen molar-refractivity contribution < 1.29 is 14.3 Å². The highest BCUT2D eigenvalue weighted by Gasteiger charge is 2.26. The van der Waals surface area contributed by atoms with E-state index in [0.717, 1.165) is 57.2 Å². The van der Waals surface area contributed by atoms with E-state index in [4.69, 9.17) is 14.5 Å². The zero-order valence-electron chi connectivity index (χ0n) is 17.1. The Morgan fingerprint density at radius 1 is 1.28 bits per heavy atom. The minimum Gasteiger partial charge on any atom is -0.497 e. The lowest BCUT2D eigenvalue weighted by Crippen LogP contribution is -2.38. The number of anilines is 1. The number of thiazole rings is 1. The average molecular weight is 411 g/mol. The second kappa shape index (κ2) is 8.51. The summed E-state index contributed by atoms with van der Waals surface area (Å²) in [4.78, 5) is 19.9. The second-order valence-electron chi connectivity index (χ2n) is 7.58. The van der Waals surface area contributed by atoms with Gasteiger partial charge in [-0.25, -0.2) is 4.98 Å². The van der Waals surface area contributed by atoms with Crippen molar-refractivity contribution in [2.24, 2.45) is 0 Å². The third kappa shape index (κ3) is 4.43. The van der Waals surface area contributed by atoms with Crippen molar-refractivity contribution in [3.63, 3.8) is 0 Å². The van der Waals surface area contributed by atoms with E-state index in [0.29, 0.717) is 13.0 Å². The third-order valence-corrected chi connectivity index (χ3v) is 6.41. The van der Waals surface area contributed by atoms with E-state index in [-0.39, 0.29) is 12.0 Å². The quantitative estimate of drug-likeness (QED) is 0.592. The van der Waals surface area contributed by atoms with Crippen LogP contribution < -0.4 is 9.64 Å². The lowest BCUT2D eigenvalue weighted by molar-refractivity contribution is -0.118. The van der Waals surface area contributed by atoms with E-state index in [9.17, 15) is 4.79 Å². The second-order valence-corrected chi connectivity index (χ2v) is 8.59. The Labute approximate surface area is 175 Å². The van der Waals surface area contributed by atoms with E-state index in [1.54, 1.807) is 7.11 Å². The summed E-state index contributed by atoms with van der Waals surface area (Å²) in [6, 6.07) is 12.1. The Hall–Kier alpha value is -2.44. The van der Waals surface area contributed by atoms with Gasteiger partial charge in [0, 0.05) is 6.61 Å². The standard InChI is InChI=1S/C23H26N2O3S/c1-15-6-7-16(2)17(11-15)12-22(26)25(14-19-5-4-10-28-19)23-24-20-9-8-18(27-3)13-21(20)29-23/h6-9,11,13,19H,4-5,10,12,14H2,1-3H3. The van der Waals surface area contributed by atoms with Gasteiger partial charge in [0.15, 0.2) is 5.13 Å². The summed E-state index contributed by atoms with van der Waals surface area (Å²) in [6.45, 7) is 5.41. The predicted molar refractivity (Wildman–Crippen MR) is 117 cm³/mol. The Morgan fingerprint density at radius 2 is 2.14 bits per heavy atom. The van der Waals surface area contributed by atoms with Gasteiger partial charge in [-0.3, -0.25) is 9.69 Å². The first-order chi connectivity index (χ1) is 14.0. The van der Waals surface area contributed by atoms with Gasteiger partial charge in [-0.1, -0.05) is 35.1 Å². The van der Waals surface area contributed by atoms with Crippen molar-refractivity contribution in [3.8, 4) is 5.75 Å². The SMILES string of the molecule is COc1ccc2nc(N(CC3CCCO3)C(=O)Cc3cc(C)ccc3C)sc2c1. The van der Waals surface area contributed by atoms with E-state index in [2.05, 4.69) is 32.0 Å². The van der Waals surface area contributed by atoms with Gasteiger partial charge in [-0.05, 0) is 56.0 Å². The predicted octanol–water partition coefficient (Wildman–Crippen LogP) is 4.68. The van der Waals surface area contributed by atoms with Crippen LogP contribution in [0.25, 0.3) is 10.2 Å². The maximum absolute atomic E-state index is 13.4. The molecule has 1 unspecified atom stereocenters. The van der Waals surface area contributed by atoms with Gasteiger partial charge in [0.1, 0.15) is 5.75 Å². The van der Waals surface area contributed by atoms with E-state index >= 15 is 0 Å². The number of carbonyl (C=O) groups is 1. The maximum atomic E-state index is 13.4. The zero-order chi connectivity index (χ0) is 20.4. The summed E-state index contributed by atoms with van der Waals surface area (Å²) in [5, 5.41) is 0.721. The molecule has 2 heterocycles. The van der Waals surface area contributed by atoms with Gasteiger partial charge in [0.2, 0.25) is 5.91 Å². The number of aryl methyl sites for hydroxylation is 2. The van der Waals surface area contributed by atoms with Crippen molar-refractivity contribution >= 4 is 32.6 Å². The number of aromatic nitrogens is 1. The minimum absolute atomic E-state index is 0.0558. The van der Waals surface area contributed by atoms with Crippen LogP contribution in [0.15, 0.2) is 36.4 Å². The summed E-state index contributed by atoms with van der Waals surface area (Å²) in [7, 11) is 1.65. The average Bonchev–Trinajstić information content (AvgIpc) is 3.37. The lowest BCUT2D eigenvalue weighted by Gasteiger charge is -2.23. The fraction of sp³-hybridized carbons (Fsp3) is 0.391. The number of rotatable bonds is 6. The van der Waals surface area contributed by atoms with Gasteiger partial charge in [-0.15, -0.1) is 0 Å². The Kier molecular flexibility index (Phi) is 5.83. The molecule has 1 aromatic heterocycles. The first-order valence-corrected chi connectivity index (χ1v) is 10.8. The maximum Gasteiger partial charge on any atom is 0.233 e. The molecule has 0 spiro atoms. The molecular weight excluding hydrogens is 384 g/mol. The van der Waals surface area contributed by atoms with Crippen LogP contribution in [-0.2, 0) is 16.0 Å². The van der Waals surface area contributed by atoms with Crippen molar-refractivity contribution in [3.05, 3.63) is 53.1 Å². The normalized spacial score (nSPS) is 16.3. The molecule has 0 radical (unpaired) electrons. The van der Waals surface area contributed by atoms with Crippen LogP contribution >= 0.6 is 11.3 Å². The molecule has 152 valence electrons. The fourth-order valence-electron chi connectivity index (χ4n) is 3.66. The summed E-state index contributed by atoms with van der Waals surface area (Å²) in [5.74, 6) is 0.848. The highest BCUT2D eigenvalue weighted by Crippen LogP contribution is 2.32. The van der Waals surface area contributed by atoms with Gasteiger partial charge >= 0.3 is 0 Å². The Balaban J connectivity index is 1.65. The minimum atomic E-state index is 0.0558. The molecule has 1 aliphatic heterocycles. The van der Waals surface area contributed by atoms with Crippen LogP contribution in [0.1, 0.15) is 29.5 Å². The molecule has 1 fully saturated rings. The van der Waals surface area contributed by atoms with Crippen LogP contribution in [0.3, 0.4) is 0 Å². The fourth-order valence-corrected chi connectivity index (χ4v) is 4.68. The van der Waals surface area contributed by atoms with Gasteiger partial charge < -0.3 is 9.47 Å². The smallest absolute Gasteiger partial charge is 0.233 e. The topological polar surface area (TPSA) is 51.7 Å². The number of hydrogen-bond acceptors (Lipinski definition) is 5. The molecule has 0 saturated carbocycles. The van der Waals surface area contributed by atoms with Crippen LogP contribution in [-0.4, -0.2) is 37.3 Å². The summed E-state index contributed by atoms with van der Waals surface area (Å²) < 4.78 is 12.2. The monoisotopic (exact) mass is 410 g/mol. The third-order valence-electron chi connectivity index (χ3n) is 5.37. The van der Waals surface area contributed by atoms with Gasteiger partial charge in [0.25, 0.3) is 0 Å². The number of hydrogen-bond donors (Lipinski definition) is 0. The zero-order valence-corrected chi connectivity index (χ0v) is 17.9. The van der Waals surface area contributed by atoms with Crippen LogP contribution in [0.4, 0.5) is 5.13 Å². The number of benzene rings is 2.